The second-order valence-corrected chi connectivity index (χ2v) is 5.71. The molecular weight excluding hydrogens is 232 g/mol. The van der Waals surface area contributed by atoms with Gasteiger partial charge in [-0.2, -0.15) is 0 Å². The molecule has 1 aromatic rings. The van der Waals surface area contributed by atoms with E-state index in [4.69, 9.17) is 0 Å². The summed E-state index contributed by atoms with van der Waals surface area (Å²) in [6, 6.07) is 0.766. The monoisotopic (exact) mass is 252 g/mol. The molecule has 4 nitrogen and oxygen atoms in total. The van der Waals surface area contributed by atoms with Gasteiger partial charge in [0.05, 0.1) is 0 Å². The highest BCUT2D eigenvalue weighted by molar-refractivity contribution is 7.13. The van der Waals surface area contributed by atoms with Gasteiger partial charge in [-0.05, 0) is 19.4 Å². The molecular formula is C12H20N4S. The lowest BCUT2D eigenvalue weighted by atomic mass is 10.1. The number of aromatic nitrogens is 1. The van der Waals surface area contributed by atoms with Gasteiger partial charge in [-0.15, -0.1) is 11.3 Å². The minimum absolute atomic E-state index is 0.766. The first kappa shape index (κ1) is 11.4. The van der Waals surface area contributed by atoms with Crippen LogP contribution in [0.2, 0.25) is 0 Å². The maximum Gasteiger partial charge on any atom is 0.185 e. The van der Waals surface area contributed by atoms with Crippen LogP contribution in [0.1, 0.15) is 12.8 Å². The highest BCUT2D eigenvalue weighted by atomic mass is 32.1. The highest BCUT2D eigenvalue weighted by Crippen LogP contribution is 2.20. The van der Waals surface area contributed by atoms with Crippen LogP contribution in [-0.4, -0.2) is 55.2 Å². The topological polar surface area (TPSA) is 31.4 Å². The molecule has 1 N–H and O–H groups in total. The van der Waals surface area contributed by atoms with E-state index >= 15 is 0 Å². The van der Waals surface area contributed by atoms with Crippen molar-refractivity contribution in [2.45, 2.75) is 18.9 Å². The van der Waals surface area contributed by atoms with Crippen molar-refractivity contribution in [2.75, 3.05) is 44.2 Å². The first-order chi connectivity index (χ1) is 8.43. The molecule has 0 saturated carbocycles. The Labute approximate surface area is 107 Å². The van der Waals surface area contributed by atoms with Crippen LogP contribution in [0.4, 0.5) is 5.13 Å². The minimum atomic E-state index is 0.766. The second-order valence-electron chi connectivity index (χ2n) is 4.84. The average molecular weight is 252 g/mol. The Morgan fingerprint density at radius 1 is 1.29 bits per heavy atom. The Balaban J connectivity index is 1.53. The maximum absolute atomic E-state index is 4.39. The summed E-state index contributed by atoms with van der Waals surface area (Å²) in [7, 11) is 0. The molecule has 1 atom stereocenters. The summed E-state index contributed by atoms with van der Waals surface area (Å²) < 4.78 is 0. The molecule has 3 rings (SSSR count). The van der Waals surface area contributed by atoms with E-state index in [1.807, 2.05) is 6.20 Å². The van der Waals surface area contributed by atoms with Crippen LogP contribution in [0.25, 0.3) is 0 Å². The molecule has 2 aliphatic heterocycles. The van der Waals surface area contributed by atoms with Crippen LogP contribution in [-0.2, 0) is 0 Å². The number of nitrogens with one attached hydrogen (secondary N) is 1. The molecule has 2 fully saturated rings. The molecule has 94 valence electrons. The van der Waals surface area contributed by atoms with Crippen molar-refractivity contribution in [1.29, 1.82) is 0 Å². The Hall–Kier alpha value is -0.650. The van der Waals surface area contributed by atoms with E-state index in [1.54, 1.807) is 11.3 Å². The first-order valence-electron chi connectivity index (χ1n) is 6.53. The summed E-state index contributed by atoms with van der Waals surface area (Å²) in [4.78, 5) is 9.45. The molecule has 1 aromatic heterocycles. The zero-order valence-corrected chi connectivity index (χ0v) is 11.0. The van der Waals surface area contributed by atoms with Crippen molar-refractivity contribution in [1.82, 2.24) is 15.2 Å². The average Bonchev–Trinajstić information content (AvgIpc) is 2.94. The number of anilines is 1. The predicted octanol–water partition coefficient (Wildman–Crippen LogP) is 1.02. The SMILES string of the molecule is c1csc(N2CCN(C3CCCNC3)CC2)n1. The van der Waals surface area contributed by atoms with Crippen molar-refractivity contribution in [3.05, 3.63) is 11.6 Å². The van der Waals surface area contributed by atoms with E-state index in [1.165, 1.54) is 44.2 Å². The van der Waals surface area contributed by atoms with Crippen LogP contribution in [0.15, 0.2) is 11.6 Å². The standard InChI is InChI=1S/C12H20N4S/c1-2-11(10-13-3-1)15-5-7-16(8-6-15)12-14-4-9-17-12/h4,9,11,13H,1-3,5-8,10H2. The molecule has 2 saturated heterocycles. The van der Waals surface area contributed by atoms with Gasteiger partial charge in [0.1, 0.15) is 0 Å². The number of piperidine rings is 1. The number of thiazole rings is 1. The molecule has 1 unspecified atom stereocenters. The van der Waals surface area contributed by atoms with E-state index < -0.39 is 0 Å². The lowest BCUT2D eigenvalue weighted by Gasteiger charge is -2.40. The third-order valence-corrected chi connectivity index (χ3v) is 4.62. The van der Waals surface area contributed by atoms with Gasteiger partial charge in [-0.25, -0.2) is 4.98 Å². The molecule has 0 spiro atoms. The lowest BCUT2D eigenvalue weighted by Crippen LogP contribution is -2.54. The number of hydrogen-bond acceptors (Lipinski definition) is 5. The number of nitrogens with zero attached hydrogens (tertiary/aromatic N) is 3. The summed E-state index contributed by atoms with van der Waals surface area (Å²) >= 11 is 1.75. The van der Waals surface area contributed by atoms with Crippen LogP contribution in [0, 0.1) is 0 Å². The molecule has 0 aromatic carbocycles. The van der Waals surface area contributed by atoms with Gasteiger partial charge in [-0.1, -0.05) is 0 Å². The van der Waals surface area contributed by atoms with Gasteiger partial charge < -0.3 is 10.2 Å². The van der Waals surface area contributed by atoms with Crippen LogP contribution in [0.5, 0.6) is 0 Å². The third kappa shape index (κ3) is 2.61. The Morgan fingerprint density at radius 3 is 2.82 bits per heavy atom. The molecule has 5 heteroatoms. The normalized spacial score (nSPS) is 27.3. The number of rotatable bonds is 2. The fraction of sp³-hybridized carbons (Fsp3) is 0.750. The van der Waals surface area contributed by atoms with E-state index in [0.29, 0.717) is 0 Å². The molecule has 17 heavy (non-hydrogen) atoms. The third-order valence-electron chi connectivity index (χ3n) is 3.79. The van der Waals surface area contributed by atoms with E-state index in [9.17, 15) is 0 Å². The van der Waals surface area contributed by atoms with E-state index in [2.05, 4.69) is 25.5 Å². The molecule has 3 heterocycles. The zero-order valence-electron chi connectivity index (χ0n) is 10.1. The Kier molecular flexibility index (Phi) is 3.59. The molecule has 0 bridgehead atoms. The van der Waals surface area contributed by atoms with Crippen molar-refractivity contribution in [3.63, 3.8) is 0 Å². The largest absolute Gasteiger partial charge is 0.346 e. The van der Waals surface area contributed by atoms with Crippen molar-refractivity contribution < 1.29 is 0 Å². The van der Waals surface area contributed by atoms with Gasteiger partial charge in [0.15, 0.2) is 5.13 Å². The quantitative estimate of drug-likeness (QED) is 0.851. The molecule has 0 radical (unpaired) electrons. The fourth-order valence-corrected chi connectivity index (χ4v) is 3.49. The lowest BCUT2D eigenvalue weighted by molar-refractivity contribution is 0.157. The summed E-state index contributed by atoms with van der Waals surface area (Å²) in [5, 5.41) is 6.75. The van der Waals surface area contributed by atoms with E-state index in [0.717, 1.165) is 19.1 Å². The van der Waals surface area contributed by atoms with E-state index in [-0.39, 0.29) is 0 Å². The Morgan fingerprint density at radius 2 is 2.18 bits per heavy atom. The summed E-state index contributed by atoms with van der Waals surface area (Å²) in [5.41, 5.74) is 0. The van der Waals surface area contributed by atoms with Crippen molar-refractivity contribution in [3.8, 4) is 0 Å². The summed E-state index contributed by atoms with van der Waals surface area (Å²) in [6.07, 6.45) is 4.60. The Bertz CT molecular complexity index is 326. The van der Waals surface area contributed by atoms with Gasteiger partial charge in [0, 0.05) is 50.3 Å². The smallest absolute Gasteiger partial charge is 0.185 e. The van der Waals surface area contributed by atoms with Gasteiger partial charge in [0.25, 0.3) is 0 Å². The number of hydrogen-bond donors (Lipinski definition) is 1. The zero-order chi connectivity index (χ0) is 11.5. The van der Waals surface area contributed by atoms with Gasteiger partial charge in [0.2, 0.25) is 0 Å². The fourth-order valence-electron chi connectivity index (χ4n) is 2.80. The van der Waals surface area contributed by atoms with Crippen LogP contribution < -0.4 is 10.2 Å². The molecule has 0 aliphatic carbocycles. The van der Waals surface area contributed by atoms with Crippen molar-refractivity contribution >= 4 is 16.5 Å². The molecule has 0 amide bonds. The first-order valence-corrected chi connectivity index (χ1v) is 7.40. The number of piperazine rings is 1. The van der Waals surface area contributed by atoms with Gasteiger partial charge in [-0.3, -0.25) is 4.90 Å². The predicted molar refractivity (Wildman–Crippen MR) is 71.8 cm³/mol. The van der Waals surface area contributed by atoms with Gasteiger partial charge >= 0.3 is 0 Å². The highest BCUT2D eigenvalue weighted by Gasteiger charge is 2.25. The summed E-state index contributed by atoms with van der Waals surface area (Å²) in [5.74, 6) is 0. The maximum atomic E-state index is 4.39. The second kappa shape index (κ2) is 5.33. The minimum Gasteiger partial charge on any atom is -0.346 e. The molecule has 2 aliphatic rings. The van der Waals surface area contributed by atoms with Crippen LogP contribution in [0.3, 0.4) is 0 Å². The van der Waals surface area contributed by atoms with Crippen molar-refractivity contribution in [2.24, 2.45) is 0 Å². The van der Waals surface area contributed by atoms with Crippen LogP contribution >= 0.6 is 11.3 Å². The summed E-state index contributed by atoms with van der Waals surface area (Å²) in [6.45, 7) is 7.01.